The van der Waals surface area contributed by atoms with Gasteiger partial charge >= 0.3 is 0 Å². The highest BCUT2D eigenvalue weighted by atomic mass is 16.5. The van der Waals surface area contributed by atoms with E-state index in [9.17, 15) is 0 Å². The van der Waals surface area contributed by atoms with Crippen molar-refractivity contribution in [3.63, 3.8) is 0 Å². The summed E-state index contributed by atoms with van der Waals surface area (Å²) in [5.41, 5.74) is 6.30. The molecule has 1 aromatic heterocycles. The largest absolute Gasteiger partial charge is 0.438 e. The van der Waals surface area contributed by atoms with Crippen LogP contribution in [0, 0.1) is 6.92 Å². The third kappa shape index (κ3) is 2.70. The van der Waals surface area contributed by atoms with Gasteiger partial charge in [0, 0.05) is 11.6 Å². The Kier molecular flexibility index (Phi) is 3.20. The second kappa shape index (κ2) is 4.80. The zero-order chi connectivity index (χ0) is 12.3. The molecule has 17 heavy (non-hydrogen) atoms. The van der Waals surface area contributed by atoms with Crippen LogP contribution in [0.15, 0.2) is 30.3 Å². The number of anilines is 1. The highest BCUT2D eigenvalue weighted by Crippen LogP contribution is 2.24. The van der Waals surface area contributed by atoms with Crippen LogP contribution in [0.4, 0.5) is 5.82 Å². The summed E-state index contributed by atoms with van der Waals surface area (Å²) in [7, 11) is 0. The minimum atomic E-state index is -0.0876. The second-order valence-electron chi connectivity index (χ2n) is 3.55. The Morgan fingerprint density at radius 3 is 2.76 bits per heavy atom. The molecule has 0 aliphatic rings. The first kappa shape index (κ1) is 11.3. The van der Waals surface area contributed by atoms with Gasteiger partial charge in [0.25, 0.3) is 0 Å². The molecule has 2 aromatic rings. The molecule has 5 heteroatoms. The molecule has 88 valence electrons. The van der Waals surface area contributed by atoms with Gasteiger partial charge in [0.15, 0.2) is 0 Å². The molecule has 0 bridgehead atoms. The molecule has 0 spiro atoms. The lowest BCUT2D eigenvalue weighted by Gasteiger charge is -2.09. The number of aliphatic hydroxyl groups excluding tert-OH is 1. The van der Waals surface area contributed by atoms with Crippen molar-refractivity contribution < 1.29 is 9.84 Å². The van der Waals surface area contributed by atoms with Gasteiger partial charge in [-0.1, -0.05) is 18.2 Å². The van der Waals surface area contributed by atoms with Crippen molar-refractivity contribution in [2.24, 2.45) is 0 Å². The van der Waals surface area contributed by atoms with Crippen molar-refractivity contribution in [3.05, 3.63) is 41.7 Å². The maximum Gasteiger partial charge on any atom is 0.224 e. The molecule has 0 aliphatic carbocycles. The van der Waals surface area contributed by atoms with Crippen molar-refractivity contribution in [1.82, 2.24) is 9.97 Å². The quantitative estimate of drug-likeness (QED) is 0.839. The van der Waals surface area contributed by atoms with Crippen molar-refractivity contribution in [1.29, 1.82) is 0 Å². The highest BCUT2D eigenvalue weighted by Gasteiger charge is 2.05. The maximum absolute atomic E-state index is 9.17. The van der Waals surface area contributed by atoms with E-state index in [4.69, 9.17) is 15.6 Å². The van der Waals surface area contributed by atoms with Gasteiger partial charge in [-0.2, -0.15) is 4.98 Å². The summed E-state index contributed by atoms with van der Waals surface area (Å²) >= 11 is 0. The maximum atomic E-state index is 9.17. The molecule has 0 radical (unpaired) electrons. The molecule has 0 aliphatic heterocycles. The average molecular weight is 231 g/mol. The lowest BCUT2D eigenvalue weighted by molar-refractivity contribution is 0.276. The molecule has 1 aromatic carbocycles. The summed E-state index contributed by atoms with van der Waals surface area (Å²) in [6.45, 7) is 1.65. The smallest absolute Gasteiger partial charge is 0.224 e. The Labute approximate surface area is 98.9 Å². The predicted octanol–water partition coefficient (Wildman–Crippen LogP) is 1.65. The summed E-state index contributed by atoms with van der Waals surface area (Å²) in [5, 5.41) is 9.17. The number of ether oxygens (including phenoxy) is 1. The topological polar surface area (TPSA) is 81.3 Å². The summed E-state index contributed by atoms with van der Waals surface area (Å²) < 4.78 is 5.57. The van der Waals surface area contributed by atoms with E-state index >= 15 is 0 Å². The zero-order valence-corrected chi connectivity index (χ0v) is 9.42. The Hall–Kier alpha value is -2.14. The second-order valence-corrected chi connectivity index (χ2v) is 3.55. The number of benzene rings is 1. The van der Waals surface area contributed by atoms with Gasteiger partial charge in [-0.15, -0.1) is 0 Å². The van der Waals surface area contributed by atoms with Crippen molar-refractivity contribution in [2.45, 2.75) is 13.5 Å². The summed E-state index contributed by atoms with van der Waals surface area (Å²) in [5.74, 6) is 1.83. The molecule has 0 unspecified atom stereocenters. The summed E-state index contributed by atoms with van der Waals surface area (Å²) in [4.78, 5) is 8.07. The van der Waals surface area contributed by atoms with Crippen LogP contribution in [-0.4, -0.2) is 15.1 Å². The van der Waals surface area contributed by atoms with E-state index in [0.717, 1.165) is 0 Å². The van der Waals surface area contributed by atoms with Gasteiger partial charge in [-0.3, -0.25) is 0 Å². The molecular formula is C12H13N3O2. The van der Waals surface area contributed by atoms with Crippen LogP contribution in [0.25, 0.3) is 0 Å². The van der Waals surface area contributed by atoms with Gasteiger partial charge in [0.05, 0.1) is 6.61 Å². The lowest BCUT2D eigenvalue weighted by atomic mass is 10.2. The fourth-order valence-electron chi connectivity index (χ4n) is 1.46. The molecule has 1 heterocycles. The molecule has 0 amide bonds. The Morgan fingerprint density at radius 2 is 2.06 bits per heavy atom. The third-order valence-electron chi connectivity index (χ3n) is 2.19. The number of hydrogen-bond acceptors (Lipinski definition) is 5. The van der Waals surface area contributed by atoms with Crippen LogP contribution in [0.2, 0.25) is 0 Å². The van der Waals surface area contributed by atoms with Crippen LogP contribution >= 0.6 is 0 Å². The van der Waals surface area contributed by atoms with Crippen LogP contribution < -0.4 is 10.5 Å². The lowest BCUT2D eigenvalue weighted by Crippen LogP contribution is -1.99. The van der Waals surface area contributed by atoms with E-state index in [1.165, 1.54) is 0 Å². The van der Waals surface area contributed by atoms with E-state index in [1.54, 1.807) is 25.1 Å². The molecule has 2 rings (SSSR count). The number of aromatic nitrogens is 2. The van der Waals surface area contributed by atoms with Gasteiger partial charge in [0.2, 0.25) is 5.88 Å². The highest BCUT2D eigenvalue weighted by molar-refractivity contribution is 5.38. The number of nitrogens with two attached hydrogens (primary N) is 1. The van der Waals surface area contributed by atoms with Crippen LogP contribution in [0.5, 0.6) is 11.6 Å². The number of aryl methyl sites for hydroxylation is 1. The Morgan fingerprint density at radius 1 is 1.29 bits per heavy atom. The number of rotatable bonds is 3. The van der Waals surface area contributed by atoms with E-state index in [0.29, 0.717) is 28.8 Å². The average Bonchev–Trinajstić information content (AvgIpc) is 2.28. The number of nitrogens with zero attached hydrogens (tertiary/aromatic N) is 2. The van der Waals surface area contributed by atoms with E-state index in [-0.39, 0.29) is 6.61 Å². The normalized spacial score (nSPS) is 10.2. The van der Waals surface area contributed by atoms with Gasteiger partial charge in [-0.25, -0.2) is 4.98 Å². The van der Waals surface area contributed by atoms with E-state index in [1.807, 2.05) is 12.1 Å². The first-order chi connectivity index (χ1) is 8.19. The minimum Gasteiger partial charge on any atom is -0.438 e. The van der Waals surface area contributed by atoms with Crippen molar-refractivity contribution >= 4 is 5.82 Å². The summed E-state index contributed by atoms with van der Waals surface area (Å²) in [6, 6.07) is 8.75. The van der Waals surface area contributed by atoms with Crippen molar-refractivity contribution in [2.75, 3.05) is 5.73 Å². The van der Waals surface area contributed by atoms with E-state index in [2.05, 4.69) is 9.97 Å². The van der Waals surface area contributed by atoms with Crippen LogP contribution in [-0.2, 0) is 6.61 Å². The number of aliphatic hydroxyl groups is 1. The molecular weight excluding hydrogens is 218 g/mol. The number of para-hydroxylation sites is 1. The fourth-order valence-corrected chi connectivity index (χ4v) is 1.46. The molecule has 0 saturated heterocycles. The molecule has 0 fully saturated rings. The fraction of sp³-hybridized carbons (Fsp3) is 0.167. The molecule has 3 N–H and O–H groups in total. The van der Waals surface area contributed by atoms with Crippen molar-refractivity contribution in [3.8, 4) is 11.6 Å². The standard InChI is InChI=1S/C12H13N3O2/c1-8-14-11(13)6-12(15-8)17-10-5-3-2-4-9(10)7-16/h2-6,16H,7H2,1H3,(H2,13,14,15). The van der Waals surface area contributed by atoms with Crippen LogP contribution in [0.1, 0.15) is 11.4 Å². The number of nitrogen functional groups attached to an aromatic ring is 1. The molecule has 0 atom stereocenters. The number of hydrogen-bond donors (Lipinski definition) is 2. The predicted molar refractivity (Wildman–Crippen MR) is 63.6 cm³/mol. The van der Waals surface area contributed by atoms with E-state index < -0.39 is 0 Å². The first-order valence-corrected chi connectivity index (χ1v) is 5.17. The van der Waals surface area contributed by atoms with Gasteiger partial charge in [-0.05, 0) is 13.0 Å². The van der Waals surface area contributed by atoms with Crippen LogP contribution in [0.3, 0.4) is 0 Å². The minimum absolute atomic E-state index is 0.0876. The Bertz CT molecular complexity index is 509. The zero-order valence-electron chi connectivity index (χ0n) is 9.42. The SMILES string of the molecule is Cc1nc(N)cc(Oc2ccccc2CO)n1. The third-order valence-corrected chi connectivity index (χ3v) is 2.19. The summed E-state index contributed by atoms with van der Waals surface area (Å²) in [6.07, 6.45) is 0. The monoisotopic (exact) mass is 231 g/mol. The Balaban J connectivity index is 2.31. The first-order valence-electron chi connectivity index (χ1n) is 5.17. The molecule has 0 saturated carbocycles. The van der Waals surface area contributed by atoms with Gasteiger partial charge in [0.1, 0.15) is 17.4 Å². The van der Waals surface area contributed by atoms with Gasteiger partial charge < -0.3 is 15.6 Å². The molecule has 5 nitrogen and oxygen atoms in total.